The van der Waals surface area contributed by atoms with Gasteiger partial charge in [-0.15, -0.1) is 0 Å². The van der Waals surface area contributed by atoms with Gasteiger partial charge in [-0.2, -0.15) is 0 Å². The van der Waals surface area contributed by atoms with Crippen LogP contribution in [0, 0.1) is 5.82 Å². The molecule has 2 N–H and O–H groups in total. The summed E-state index contributed by atoms with van der Waals surface area (Å²) < 4.78 is 13.7. The minimum Gasteiger partial charge on any atom is -0.324 e. The van der Waals surface area contributed by atoms with Crippen LogP contribution in [-0.4, -0.2) is 24.3 Å². The zero-order valence-electron chi connectivity index (χ0n) is 14.4. The number of nitrogens with one attached hydrogen (secondary N) is 2. The average molecular weight is 355 g/mol. The number of anilines is 3. The van der Waals surface area contributed by atoms with Gasteiger partial charge in [0.1, 0.15) is 5.82 Å². The van der Waals surface area contributed by atoms with Gasteiger partial charge in [-0.1, -0.05) is 0 Å². The van der Waals surface area contributed by atoms with Gasteiger partial charge in [0.15, 0.2) is 0 Å². The van der Waals surface area contributed by atoms with Gasteiger partial charge >= 0.3 is 0 Å². The first-order valence-electron chi connectivity index (χ1n) is 8.14. The molecule has 3 amide bonds. The Morgan fingerprint density at radius 1 is 1.04 bits per heavy atom. The number of halogens is 1. The normalized spacial score (nSPS) is 12.5. The van der Waals surface area contributed by atoms with Crippen molar-refractivity contribution in [3.8, 4) is 0 Å². The van der Waals surface area contributed by atoms with Crippen molar-refractivity contribution in [2.45, 2.75) is 20.3 Å². The second-order valence-electron chi connectivity index (χ2n) is 6.09. The molecule has 2 aromatic carbocycles. The fourth-order valence-electron chi connectivity index (χ4n) is 2.96. The van der Waals surface area contributed by atoms with Crippen molar-refractivity contribution >= 4 is 34.8 Å². The van der Waals surface area contributed by atoms with Gasteiger partial charge in [-0.05, 0) is 48.4 Å². The van der Waals surface area contributed by atoms with Crippen molar-refractivity contribution in [3.63, 3.8) is 0 Å². The number of amides is 3. The summed E-state index contributed by atoms with van der Waals surface area (Å²) in [4.78, 5) is 36.9. The predicted octanol–water partition coefficient (Wildman–Crippen LogP) is 2.95. The van der Waals surface area contributed by atoms with Gasteiger partial charge in [0.25, 0.3) is 5.91 Å². The highest BCUT2D eigenvalue weighted by atomic mass is 19.1. The monoisotopic (exact) mass is 355 g/mol. The van der Waals surface area contributed by atoms with Crippen LogP contribution in [0.15, 0.2) is 36.4 Å². The van der Waals surface area contributed by atoms with Gasteiger partial charge in [0.2, 0.25) is 11.8 Å². The van der Waals surface area contributed by atoms with E-state index in [2.05, 4.69) is 10.6 Å². The van der Waals surface area contributed by atoms with Crippen LogP contribution in [-0.2, 0) is 16.0 Å². The molecule has 0 aliphatic carbocycles. The second kappa shape index (κ2) is 6.95. The number of nitrogens with zero attached hydrogens (tertiary/aromatic N) is 1. The molecule has 0 bridgehead atoms. The molecule has 3 rings (SSSR count). The summed E-state index contributed by atoms with van der Waals surface area (Å²) in [6, 6.07) is 9.11. The SMILES string of the molecule is CC(=O)Nc1cc(NC(=O)c2ccc3c(c2)CCN3C(C)=O)ccc1F. The van der Waals surface area contributed by atoms with Crippen LogP contribution in [0.25, 0.3) is 0 Å². The summed E-state index contributed by atoms with van der Waals surface area (Å²) >= 11 is 0. The third-order valence-corrected chi connectivity index (χ3v) is 4.15. The molecule has 0 radical (unpaired) electrons. The first-order chi connectivity index (χ1) is 12.3. The number of hydrogen-bond donors (Lipinski definition) is 2. The van der Waals surface area contributed by atoms with Crippen molar-refractivity contribution in [1.29, 1.82) is 0 Å². The highest BCUT2D eigenvalue weighted by molar-refractivity contribution is 6.05. The Hall–Kier alpha value is -3.22. The fraction of sp³-hybridized carbons (Fsp3) is 0.211. The van der Waals surface area contributed by atoms with Crippen molar-refractivity contribution in [3.05, 3.63) is 53.3 Å². The number of benzene rings is 2. The van der Waals surface area contributed by atoms with Crippen molar-refractivity contribution in [2.24, 2.45) is 0 Å². The highest BCUT2D eigenvalue weighted by Gasteiger charge is 2.23. The number of carbonyl (C=O) groups is 3. The molecule has 6 nitrogen and oxygen atoms in total. The third kappa shape index (κ3) is 3.56. The summed E-state index contributed by atoms with van der Waals surface area (Å²) in [6.45, 7) is 3.39. The summed E-state index contributed by atoms with van der Waals surface area (Å²) in [7, 11) is 0. The zero-order valence-corrected chi connectivity index (χ0v) is 14.4. The predicted molar refractivity (Wildman–Crippen MR) is 96.8 cm³/mol. The lowest BCUT2D eigenvalue weighted by molar-refractivity contribution is -0.116. The van der Waals surface area contributed by atoms with Gasteiger partial charge in [0.05, 0.1) is 5.69 Å². The Labute approximate surface area is 150 Å². The first-order valence-corrected chi connectivity index (χ1v) is 8.14. The van der Waals surface area contributed by atoms with E-state index in [0.717, 1.165) is 11.3 Å². The first kappa shape index (κ1) is 17.6. The molecule has 26 heavy (non-hydrogen) atoms. The van der Waals surface area contributed by atoms with E-state index in [1.165, 1.54) is 32.0 Å². The van der Waals surface area contributed by atoms with E-state index in [1.54, 1.807) is 23.1 Å². The molecule has 7 heteroatoms. The van der Waals surface area contributed by atoms with Gasteiger partial charge in [-0.3, -0.25) is 14.4 Å². The van der Waals surface area contributed by atoms with Gasteiger partial charge < -0.3 is 15.5 Å². The van der Waals surface area contributed by atoms with Crippen LogP contribution >= 0.6 is 0 Å². The van der Waals surface area contributed by atoms with E-state index in [-0.39, 0.29) is 17.5 Å². The molecule has 1 aliphatic heterocycles. The molecule has 1 aliphatic rings. The molecule has 0 fully saturated rings. The Balaban J connectivity index is 1.79. The molecular formula is C19H18FN3O3. The van der Waals surface area contributed by atoms with Crippen LogP contribution in [0.4, 0.5) is 21.5 Å². The van der Waals surface area contributed by atoms with Crippen LogP contribution in [0.2, 0.25) is 0 Å². The Kier molecular flexibility index (Phi) is 4.71. The van der Waals surface area contributed by atoms with Crippen LogP contribution < -0.4 is 15.5 Å². The second-order valence-corrected chi connectivity index (χ2v) is 6.09. The number of rotatable bonds is 3. The zero-order chi connectivity index (χ0) is 18.8. The quantitative estimate of drug-likeness (QED) is 0.888. The van der Waals surface area contributed by atoms with E-state index in [0.29, 0.717) is 24.2 Å². The maximum absolute atomic E-state index is 13.7. The van der Waals surface area contributed by atoms with E-state index in [1.807, 2.05) is 0 Å². The number of fused-ring (bicyclic) bond motifs is 1. The topological polar surface area (TPSA) is 78.5 Å². The molecule has 1 heterocycles. The highest BCUT2D eigenvalue weighted by Crippen LogP contribution is 2.29. The standard InChI is InChI=1S/C19H18FN3O3/c1-11(24)21-17-10-15(4-5-16(17)20)22-19(26)14-3-6-18-13(9-14)7-8-23(18)12(2)25/h3-6,9-10H,7-8H2,1-2H3,(H,21,24)(H,22,26). The Morgan fingerprint density at radius 2 is 1.81 bits per heavy atom. The van der Waals surface area contributed by atoms with Crippen molar-refractivity contribution < 1.29 is 18.8 Å². The lowest BCUT2D eigenvalue weighted by Crippen LogP contribution is -2.25. The van der Waals surface area contributed by atoms with E-state index >= 15 is 0 Å². The minimum absolute atomic E-state index is 0.00125. The summed E-state index contributed by atoms with van der Waals surface area (Å²) in [6.07, 6.45) is 0.694. The third-order valence-electron chi connectivity index (χ3n) is 4.15. The molecule has 2 aromatic rings. The average Bonchev–Trinajstić information content (AvgIpc) is 3.00. The van der Waals surface area contributed by atoms with Gasteiger partial charge in [0, 0.05) is 37.3 Å². The molecule has 0 saturated heterocycles. The van der Waals surface area contributed by atoms with Crippen molar-refractivity contribution in [1.82, 2.24) is 0 Å². The molecule has 0 aromatic heterocycles. The van der Waals surface area contributed by atoms with Crippen LogP contribution in [0.3, 0.4) is 0 Å². The lowest BCUT2D eigenvalue weighted by Gasteiger charge is -2.15. The molecule has 0 atom stereocenters. The molecule has 0 spiro atoms. The van der Waals surface area contributed by atoms with Crippen LogP contribution in [0.5, 0.6) is 0 Å². The Bertz CT molecular complexity index is 911. The maximum atomic E-state index is 13.7. The van der Waals surface area contributed by atoms with E-state index in [9.17, 15) is 18.8 Å². The van der Waals surface area contributed by atoms with Gasteiger partial charge in [-0.25, -0.2) is 4.39 Å². The molecule has 0 saturated carbocycles. The molecule has 134 valence electrons. The lowest BCUT2D eigenvalue weighted by atomic mass is 10.1. The Morgan fingerprint density at radius 3 is 2.50 bits per heavy atom. The van der Waals surface area contributed by atoms with E-state index < -0.39 is 11.7 Å². The number of hydrogen-bond acceptors (Lipinski definition) is 3. The van der Waals surface area contributed by atoms with E-state index in [4.69, 9.17) is 0 Å². The maximum Gasteiger partial charge on any atom is 0.255 e. The fourth-order valence-corrected chi connectivity index (χ4v) is 2.96. The number of carbonyl (C=O) groups excluding carboxylic acids is 3. The minimum atomic E-state index is -0.583. The summed E-state index contributed by atoms with van der Waals surface area (Å²) in [5, 5.41) is 5.06. The molecular weight excluding hydrogens is 337 g/mol. The summed E-state index contributed by atoms with van der Waals surface area (Å²) in [5.74, 6) is -1.37. The largest absolute Gasteiger partial charge is 0.324 e. The summed E-state index contributed by atoms with van der Waals surface area (Å²) in [5.41, 5.74) is 2.57. The smallest absolute Gasteiger partial charge is 0.255 e. The van der Waals surface area contributed by atoms with Crippen LogP contribution in [0.1, 0.15) is 29.8 Å². The molecule has 0 unspecified atom stereocenters. The van der Waals surface area contributed by atoms with Crippen molar-refractivity contribution in [2.75, 3.05) is 22.1 Å².